The molecule has 1 aliphatic carbocycles. The van der Waals surface area contributed by atoms with E-state index >= 15 is 0 Å². The van der Waals surface area contributed by atoms with Crippen LogP contribution in [0.25, 0.3) is 10.8 Å². The number of fused-ring (bicyclic) bond motifs is 1. The van der Waals surface area contributed by atoms with E-state index in [1.165, 1.54) is 0 Å². The van der Waals surface area contributed by atoms with E-state index in [2.05, 4.69) is 42.3 Å². The fraction of sp³-hybridized carbons (Fsp3) is 0.452. The van der Waals surface area contributed by atoms with E-state index in [0.29, 0.717) is 43.6 Å². The number of nitrogens with zero attached hydrogens (tertiary/aromatic N) is 4. The molecule has 0 saturated heterocycles. The Morgan fingerprint density at radius 1 is 1.07 bits per heavy atom. The lowest BCUT2D eigenvalue weighted by Gasteiger charge is -2.19. The molecule has 4 rings (SSSR count). The van der Waals surface area contributed by atoms with E-state index in [4.69, 9.17) is 9.47 Å². The first-order valence-corrected chi connectivity index (χ1v) is 13.8. The second-order valence-electron chi connectivity index (χ2n) is 11.1. The first-order valence-electron chi connectivity index (χ1n) is 13.8. The highest BCUT2D eigenvalue weighted by molar-refractivity contribution is 5.99. The van der Waals surface area contributed by atoms with Crippen molar-refractivity contribution < 1.29 is 19.1 Å². The molecule has 41 heavy (non-hydrogen) atoms. The molecule has 1 saturated carbocycles. The minimum Gasteiger partial charge on any atom is -0.460 e. The van der Waals surface area contributed by atoms with Crippen molar-refractivity contribution in [2.75, 3.05) is 44.5 Å². The summed E-state index contributed by atoms with van der Waals surface area (Å²) in [4.78, 5) is 39.5. The third kappa shape index (κ3) is 9.23. The van der Waals surface area contributed by atoms with E-state index in [-0.39, 0.29) is 24.2 Å². The first kappa shape index (κ1) is 29.9. The Bertz CT molecular complexity index is 1450. The number of rotatable bonds is 11. The van der Waals surface area contributed by atoms with Crippen LogP contribution < -0.4 is 10.6 Å². The van der Waals surface area contributed by atoms with Crippen LogP contribution in [0.3, 0.4) is 0 Å². The van der Waals surface area contributed by atoms with Gasteiger partial charge in [0, 0.05) is 55.4 Å². The maximum atomic E-state index is 12.3. The molecule has 0 atom stereocenters. The summed E-state index contributed by atoms with van der Waals surface area (Å²) in [7, 11) is 3.82. The molecule has 1 amide bonds. The SMILES string of the molecule is CNc1ncc(C#Cc2cc(CN(C)CCOCCC(=O)OC(C)(C)C)ccn2)c2cc(NC(=O)C3CC3)ncc12. The fourth-order valence-electron chi connectivity index (χ4n) is 4.11. The maximum absolute atomic E-state index is 12.3. The van der Waals surface area contributed by atoms with Crippen molar-refractivity contribution in [3.05, 3.63) is 53.6 Å². The highest BCUT2D eigenvalue weighted by atomic mass is 16.6. The molecule has 216 valence electrons. The molecule has 1 fully saturated rings. The Balaban J connectivity index is 1.37. The predicted octanol–water partition coefficient (Wildman–Crippen LogP) is 4.00. The number of anilines is 2. The summed E-state index contributed by atoms with van der Waals surface area (Å²) in [6.45, 7) is 7.80. The molecule has 0 bridgehead atoms. The van der Waals surface area contributed by atoms with Crippen molar-refractivity contribution in [2.45, 2.75) is 52.2 Å². The normalized spacial score (nSPS) is 13.0. The summed E-state index contributed by atoms with van der Waals surface area (Å²) in [5.74, 6) is 7.40. The van der Waals surface area contributed by atoms with Crippen molar-refractivity contribution in [1.29, 1.82) is 0 Å². The van der Waals surface area contributed by atoms with Gasteiger partial charge in [-0.25, -0.2) is 15.0 Å². The van der Waals surface area contributed by atoms with Gasteiger partial charge in [-0.3, -0.25) is 14.5 Å². The highest BCUT2D eigenvalue weighted by Gasteiger charge is 2.29. The van der Waals surface area contributed by atoms with Crippen LogP contribution in [-0.2, 0) is 25.6 Å². The van der Waals surface area contributed by atoms with Gasteiger partial charge in [0.15, 0.2) is 0 Å². The van der Waals surface area contributed by atoms with Crippen LogP contribution in [-0.4, -0.2) is 71.2 Å². The molecular formula is C31H38N6O4. The Kier molecular flexibility index (Phi) is 9.86. The summed E-state index contributed by atoms with van der Waals surface area (Å²) < 4.78 is 10.9. The molecule has 0 unspecified atom stereocenters. The first-order chi connectivity index (χ1) is 19.6. The average molecular weight is 559 g/mol. The molecule has 0 aromatic carbocycles. The average Bonchev–Trinajstić information content (AvgIpc) is 3.76. The second-order valence-corrected chi connectivity index (χ2v) is 11.1. The van der Waals surface area contributed by atoms with Gasteiger partial charge in [0.2, 0.25) is 5.91 Å². The van der Waals surface area contributed by atoms with E-state index in [1.54, 1.807) is 25.6 Å². The molecule has 1 aliphatic rings. The number of carbonyl (C=O) groups is 2. The van der Waals surface area contributed by atoms with E-state index in [1.807, 2.05) is 46.0 Å². The van der Waals surface area contributed by atoms with Crippen LogP contribution in [0.15, 0.2) is 36.8 Å². The Hall–Kier alpha value is -4.07. The molecule has 0 spiro atoms. The third-order valence-corrected chi connectivity index (χ3v) is 6.30. The summed E-state index contributed by atoms with van der Waals surface area (Å²) >= 11 is 0. The molecule has 10 heteroatoms. The summed E-state index contributed by atoms with van der Waals surface area (Å²) in [5, 5.41) is 7.66. The van der Waals surface area contributed by atoms with Gasteiger partial charge in [0.1, 0.15) is 22.9 Å². The zero-order valence-electron chi connectivity index (χ0n) is 24.4. The number of nitrogens with one attached hydrogen (secondary N) is 2. The third-order valence-electron chi connectivity index (χ3n) is 6.30. The lowest BCUT2D eigenvalue weighted by atomic mass is 10.1. The zero-order chi connectivity index (χ0) is 29.4. The van der Waals surface area contributed by atoms with Gasteiger partial charge in [-0.2, -0.15) is 0 Å². The fourth-order valence-corrected chi connectivity index (χ4v) is 4.11. The summed E-state index contributed by atoms with van der Waals surface area (Å²) in [6, 6.07) is 5.77. The number of ether oxygens (including phenoxy) is 2. The van der Waals surface area contributed by atoms with Crippen LogP contribution in [0.2, 0.25) is 0 Å². The van der Waals surface area contributed by atoms with Gasteiger partial charge in [0.25, 0.3) is 0 Å². The highest BCUT2D eigenvalue weighted by Crippen LogP contribution is 2.31. The molecule has 2 N–H and O–H groups in total. The van der Waals surface area contributed by atoms with Gasteiger partial charge in [-0.05, 0) is 70.3 Å². The van der Waals surface area contributed by atoms with Gasteiger partial charge in [-0.15, -0.1) is 0 Å². The van der Waals surface area contributed by atoms with Gasteiger partial charge in [-0.1, -0.05) is 5.92 Å². The maximum Gasteiger partial charge on any atom is 0.308 e. The number of amides is 1. The largest absolute Gasteiger partial charge is 0.460 e. The minimum atomic E-state index is -0.484. The Labute approximate surface area is 241 Å². The second kappa shape index (κ2) is 13.5. The standard InChI is InChI=1S/C31H38N6O4/c1-31(2,3)41-28(38)11-14-40-15-13-37(5)20-21-10-12-33-24(16-21)9-8-23-18-35-29(32-4)26-19-34-27(17-25(23)26)36-30(39)22-6-7-22/h10,12,16-19,22H,6-7,11,13-15,20H2,1-5H3,(H,32,35)(H,34,36,39). The minimum absolute atomic E-state index is 0.00530. The van der Waals surface area contributed by atoms with Gasteiger partial charge < -0.3 is 20.1 Å². The molecule has 3 aromatic heterocycles. The number of likely N-dealkylation sites (N-methyl/N-ethyl adjacent to an activating group) is 1. The Morgan fingerprint density at radius 3 is 2.61 bits per heavy atom. The number of hydrogen-bond acceptors (Lipinski definition) is 9. The number of esters is 1. The van der Waals surface area contributed by atoms with E-state index < -0.39 is 5.60 Å². The van der Waals surface area contributed by atoms with Crippen LogP contribution in [0.4, 0.5) is 11.6 Å². The smallest absolute Gasteiger partial charge is 0.308 e. The molecule has 3 heterocycles. The topological polar surface area (TPSA) is 119 Å². The molecule has 10 nitrogen and oxygen atoms in total. The molecule has 0 radical (unpaired) electrons. The summed E-state index contributed by atoms with van der Waals surface area (Å²) in [5.41, 5.74) is 1.95. The van der Waals surface area contributed by atoms with Crippen molar-refractivity contribution in [2.24, 2.45) is 5.92 Å². The molecule has 3 aromatic rings. The molecular weight excluding hydrogens is 520 g/mol. The number of aromatic nitrogens is 3. The van der Waals surface area contributed by atoms with Gasteiger partial charge in [0.05, 0.1) is 25.2 Å². The van der Waals surface area contributed by atoms with E-state index in [0.717, 1.165) is 34.7 Å². The number of pyridine rings is 3. The zero-order valence-corrected chi connectivity index (χ0v) is 24.4. The lowest BCUT2D eigenvalue weighted by Crippen LogP contribution is -2.25. The van der Waals surface area contributed by atoms with Crippen molar-refractivity contribution >= 4 is 34.3 Å². The Morgan fingerprint density at radius 2 is 1.88 bits per heavy atom. The van der Waals surface area contributed by atoms with E-state index in [9.17, 15) is 9.59 Å². The van der Waals surface area contributed by atoms with Gasteiger partial charge >= 0.3 is 5.97 Å². The van der Waals surface area contributed by atoms with Crippen LogP contribution in [0, 0.1) is 17.8 Å². The number of carbonyl (C=O) groups excluding carboxylic acids is 2. The van der Waals surface area contributed by atoms with Crippen LogP contribution >= 0.6 is 0 Å². The quantitative estimate of drug-likeness (QED) is 0.205. The van der Waals surface area contributed by atoms with Crippen LogP contribution in [0.5, 0.6) is 0 Å². The predicted molar refractivity (Wildman–Crippen MR) is 158 cm³/mol. The molecule has 0 aliphatic heterocycles. The lowest BCUT2D eigenvalue weighted by molar-refractivity contribution is -0.156. The summed E-state index contributed by atoms with van der Waals surface area (Å²) in [6.07, 6.45) is 7.26. The number of hydrogen-bond donors (Lipinski definition) is 2. The van der Waals surface area contributed by atoms with Crippen molar-refractivity contribution in [1.82, 2.24) is 19.9 Å². The van der Waals surface area contributed by atoms with Crippen molar-refractivity contribution in [3.63, 3.8) is 0 Å². The monoisotopic (exact) mass is 558 g/mol. The van der Waals surface area contributed by atoms with Crippen molar-refractivity contribution in [3.8, 4) is 11.8 Å². The van der Waals surface area contributed by atoms with Crippen LogP contribution in [0.1, 0.15) is 56.9 Å².